The Morgan fingerprint density at radius 1 is 1.46 bits per heavy atom. The van der Waals surface area contributed by atoms with Crippen LogP contribution in [0.5, 0.6) is 0 Å². The highest BCUT2D eigenvalue weighted by Crippen LogP contribution is 2.26. The average Bonchev–Trinajstić information content (AvgIpc) is 2.02. The van der Waals surface area contributed by atoms with Gasteiger partial charge in [-0.15, -0.1) is 6.58 Å². The normalized spacial score (nSPS) is 12.5. The molecule has 0 aliphatic heterocycles. The van der Waals surface area contributed by atoms with Crippen molar-refractivity contribution in [2.45, 2.75) is 20.0 Å². The Kier molecular flexibility index (Phi) is 2.73. The third kappa shape index (κ3) is 1.90. The van der Waals surface area contributed by atoms with E-state index in [-0.39, 0.29) is 0 Å². The highest BCUT2D eigenvalue weighted by Gasteiger charge is 2.10. The lowest BCUT2D eigenvalue weighted by Gasteiger charge is -2.13. The summed E-state index contributed by atoms with van der Waals surface area (Å²) in [6, 6.07) is 3.85. The van der Waals surface area contributed by atoms with E-state index in [0.29, 0.717) is 5.69 Å². The predicted molar refractivity (Wildman–Crippen MR) is 55.5 cm³/mol. The van der Waals surface area contributed by atoms with Gasteiger partial charge < -0.3 is 10.8 Å². The maximum absolute atomic E-state index is 9.58. The highest BCUT2D eigenvalue weighted by atomic mass is 16.3. The summed E-state index contributed by atoms with van der Waals surface area (Å²) in [4.78, 5) is 0. The summed E-state index contributed by atoms with van der Waals surface area (Å²) in [6.07, 6.45) is 0.814. The Balaban J connectivity index is 3.28. The molecule has 0 fully saturated rings. The fourth-order valence-electron chi connectivity index (χ4n) is 1.53. The first-order valence-electron chi connectivity index (χ1n) is 4.23. The van der Waals surface area contributed by atoms with E-state index in [1.54, 1.807) is 0 Å². The molecular formula is C11H15NO. The molecule has 0 spiro atoms. The molecule has 0 aliphatic rings. The van der Waals surface area contributed by atoms with Crippen LogP contribution in [0.3, 0.4) is 0 Å². The van der Waals surface area contributed by atoms with Crippen LogP contribution in [0.15, 0.2) is 24.8 Å². The van der Waals surface area contributed by atoms with E-state index in [0.717, 1.165) is 16.7 Å². The SMILES string of the molecule is C=CC(O)c1c(C)cc(C)cc1N. The number of nitrogens with two attached hydrogens (primary N) is 1. The Bertz CT molecular complexity index is 308. The van der Waals surface area contributed by atoms with Gasteiger partial charge in [-0.1, -0.05) is 12.1 Å². The number of hydrogen-bond donors (Lipinski definition) is 2. The molecule has 0 bridgehead atoms. The van der Waals surface area contributed by atoms with Crippen LogP contribution < -0.4 is 5.73 Å². The Morgan fingerprint density at radius 2 is 2.08 bits per heavy atom. The van der Waals surface area contributed by atoms with Crippen molar-refractivity contribution >= 4 is 5.69 Å². The van der Waals surface area contributed by atoms with Gasteiger partial charge in [-0.3, -0.25) is 0 Å². The molecule has 3 N–H and O–H groups in total. The molecule has 0 aliphatic carbocycles. The minimum atomic E-state index is -0.666. The van der Waals surface area contributed by atoms with Crippen molar-refractivity contribution in [3.05, 3.63) is 41.5 Å². The van der Waals surface area contributed by atoms with E-state index in [9.17, 15) is 5.11 Å². The van der Waals surface area contributed by atoms with E-state index in [1.165, 1.54) is 6.08 Å². The molecule has 70 valence electrons. The van der Waals surface area contributed by atoms with Gasteiger partial charge in [0.25, 0.3) is 0 Å². The Hall–Kier alpha value is -1.28. The topological polar surface area (TPSA) is 46.2 Å². The fraction of sp³-hybridized carbons (Fsp3) is 0.273. The fourth-order valence-corrected chi connectivity index (χ4v) is 1.53. The van der Waals surface area contributed by atoms with Gasteiger partial charge in [0.05, 0.1) is 6.10 Å². The maximum atomic E-state index is 9.58. The van der Waals surface area contributed by atoms with Crippen LogP contribution in [-0.2, 0) is 0 Å². The van der Waals surface area contributed by atoms with Crippen LogP contribution in [-0.4, -0.2) is 5.11 Å². The number of benzene rings is 1. The molecule has 1 aromatic rings. The molecule has 2 nitrogen and oxygen atoms in total. The maximum Gasteiger partial charge on any atom is 0.0991 e. The minimum absolute atomic E-state index is 0.630. The molecule has 0 amide bonds. The summed E-state index contributed by atoms with van der Waals surface area (Å²) in [7, 11) is 0. The number of rotatable bonds is 2. The largest absolute Gasteiger partial charge is 0.398 e. The first-order chi connectivity index (χ1) is 6.06. The predicted octanol–water partition coefficient (Wildman–Crippen LogP) is 2.11. The first kappa shape index (κ1) is 9.81. The van der Waals surface area contributed by atoms with Gasteiger partial charge in [0.1, 0.15) is 0 Å². The van der Waals surface area contributed by atoms with Crippen LogP contribution >= 0.6 is 0 Å². The van der Waals surface area contributed by atoms with E-state index < -0.39 is 6.10 Å². The number of hydrogen-bond acceptors (Lipinski definition) is 2. The molecule has 0 aromatic heterocycles. The smallest absolute Gasteiger partial charge is 0.0991 e. The van der Waals surface area contributed by atoms with Crippen molar-refractivity contribution in [2.75, 3.05) is 5.73 Å². The summed E-state index contributed by atoms with van der Waals surface area (Å²) in [5.74, 6) is 0. The van der Waals surface area contributed by atoms with Crippen LogP contribution in [0.25, 0.3) is 0 Å². The number of aliphatic hydroxyl groups excluding tert-OH is 1. The standard InChI is InChI=1S/C11H15NO/c1-4-10(13)11-8(3)5-7(2)6-9(11)12/h4-6,10,13H,1,12H2,2-3H3. The van der Waals surface area contributed by atoms with Crippen molar-refractivity contribution in [1.82, 2.24) is 0 Å². The summed E-state index contributed by atoms with van der Waals surface area (Å²) in [6.45, 7) is 7.45. The third-order valence-corrected chi connectivity index (χ3v) is 2.08. The van der Waals surface area contributed by atoms with Gasteiger partial charge >= 0.3 is 0 Å². The van der Waals surface area contributed by atoms with E-state index >= 15 is 0 Å². The molecule has 2 heteroatoms. The second-order valence-corrected chi connectivity index (χ2v) is 3.27. The average molecular weight is 177 g/mol. The summed E-state index contributed by atoms with van der Waals surface area (Å²) in [5, 5.41) is 9.58. The van der Waals surface area contributed by atoms with Crippen molar-refractivity contribution in [3.8, 4) is 0 Å². The van der Waals surface area contributed by atoms with Crippen LogP contribution in [0.1, 0.15) is 22.8 Å². The molecule has 1 unspecified atom stereocenters. The zero-order chi connectivity index (χ0) is 10.0. The van der Waals surface area contributed by atoms with Crippen molar-refractivity contribution in [1.29, 1.82) is 0 Å². The van der Waals surface area contributed by atoms with Gasteiger partial charge in [0.2, 0.25) is 0 Å². The second-order valence-electron chi connectivity index (χ2n) is 3.27. The molecule has 0 saturated carbocycles. The molecule has 1 aromatic carbocycles. The lowest BCUT2D eigenvalue weighted by atomic mass is 9.99. The molecule has 13 heavy (non-hydrogen) atoms. The Labute approximate surface area is 78.7 Å². The molecule has 1 atom stereocenters. The Morgan fingerprint density at radius 3 is 2.54 bits per heavy atom. The van der Waals surface area contributed by atoms with Crippen molar-refractivity contribution in [3.63, 3.8) is 0 Å². The second kappa shape index (κ2) is 3.62. The molecule has 0 saturated heterocycles. The van der Waals surface area contributed by atoms with Gasteiger partial charge in [0, 0.05) is 11.3 Å². The van der Waals surface area contributed by atoms with Gasteiger partial charge in [0.15, 0.2) is 0 Å². The first-order valence-corrected chi connectivity index (χ1v) is 4.23. The molecule has 0 heterocycles. The number of nitrogen functional groups attached to an aromatic ring is 1. The quantitative estimate of drug-likeness (QED) is 0.537. The van der Waals surface area contributed by atoms with Crippen LogP contribution in [0.4, 0.5) is 5.69 Å². The lowest BCUT2D eigenvalue weighted by Crippen LogP contribution is -2.02. The van der Waals surface area contributed by atoms with Crippen LogP contribution in [0, 0.1) is 13.8 Å². The van der Waals surface area contributed by atoms with Gasteiger partial charge in [-0.2, -0.15) is 0 Å². The minimum Gasteiger partial charge on any atom is -0.398 e. The number of anilines is 1. The van der Waals surface area contributed by atoms with Crippen LogP contribution in [0.2, 0.25) is 0 Å². The summed E-state index contributed by atoms with van der Waals surface area (Å²) in [5.41, 5.74) is 9.30. The highest BCUT2D eigenvalue weighted by molar-refractivity contribution is 5.54. The molecule has 1 rings (SSSR count). The van der Waals surface area contributed by atoms with Gasteiger partial charge in [-0.25, -0.2) is 0 Å². The van der Waals surface area contributed by atoms with E-state index in [2.05, 4.69) is 6.58 Å². The van der Waals surface area contributed by atoms with Crippen molar-refractivity contribution < 1.29 is 5.11 Å². The number of aliphatic hydroxyl groups is 1. The van der Waals surface area contributed by atoms with E-state index in [1.807, 2.05) is 26.0 Å². The summed E-state index contributed by atoms with van der Waals surface area (Å²) >= 11 is 0. The zero-order valence-electron chi connectivity index (χ0n) is 8.04. The number of aryl methyl sites for hydroxylation is 2. The lowest BCUT2D eigenvalue weighted by molar-refractivity contribution is 0.229. The zero-order valence-corrected chi connectivity index (χ0v) is 8.04. The molecular weight excluding hydrogens is 162 g/mol. The monoisotopic (exact) mass is 177 g/mol. The van der Waals surface area contributed by atoms with Crippen molar-refractivity contribution in [2.24, 2.45) is 0 Å². The summed E-state index contributed by atoms with van der Waals surface area (Å²) < 4.78 is 0. The molecule has 0 radical (unpaired) electrons. The van der Waals surface area contributed by atoms with Gasteiger partial charge in [-0.05, 0) is 31.0 Å². The third-order valence-electron chi connectivity index (χ3n) is 2.08. The van der Waals surface area contributed by atoms with E-state index in [4.69, 9.17) is 5.73 Å².